The second kappa shape index (κ2) is 9.80. The van der Waals surface area contributed by atoms with Crippen LogP contribution >= 0.6 is 0 Å². The summed E-state index contributed by atoms with van der Waals surface area (Å²) in [6.45, 7) is 7.82. The van der Waals surface area contributed by atoms with Gasteiger partial charge in [-0.15, -0.1) is 0 Å². The van der Waals surface area contributed by atoms with Gasteiger partial charge in [-0.2, -0.15) is 0 Å². The quantitative estimate of drug-likeness (QED) is 0.346. The largest absolute Gasteiger partial charge is 0.417 e. The van der Waals surface area contributed by atoms with Crippen LogP contribution < -0.4 is 9.47 Å². The summed E-state index contributed by atoms with van der Waals surface area (Å²) in [7, 11) is 0. The molecule has 0 aromatic heterocycles. The average Bonchev–Trinajstić information content (AvgIpc) is 2.64. The van der Waals surface area contributed by atoms with E-state index >= 15 is 0 Å². The van der Waals surface area contributed by atoms with Crippen molar-refractivity contribution in [3.8, 4) is 35.2 Å². The number of hydrogen-bond donors (Lipinski definition) is 0. The van der Waals surface area contributed by atoms with Crippen LogP contribution in [0.25, 0.3) is 0 Å². The molecule has 0 amide bonds. The van der Waals surface area contributed by atoms with Gasteiger partial charge in [-0.25, -0.2) is 9.59 Å². The number of carbonyl (C=O) groups excluding carboxylic acids is 2. The number of benzene rings is 2. The average molecular weight is 372 g/mol. The second-order valence-corrected chi connectivity index (χ2v) is 6.14. The van der Waals surface area contributed by atoms with E-state index in [0.717, 1.165) is 22.3 Å². The van der Waals surface area contributed by atoms with Gasteiger partial charge >= 0.3 is 11.9 Å². The van der Waals surface area contributed by atoms with Gasteiger partial charge in [0.2, 0.25) is 0 Å². The van der Waals surface area contributed by atoms with Gasteiger partial charge in [0.25, 0.3) is 0 Å². The number of esters is 2. The molecule has 0 fully saturated rings. The third kappa shape index (κ3) is 6.52. The first-order valence-electron chi connectivity index (χ1n) is 8.61. The number of hydrogen-bond acceptors (Lipinski definition) is 4. The molecule has 28 heavy (non-hydrogen) atoms. The number of aryl methyl sites for hydroxylation is 4. The Morgan fingerprint density at radius 1 is 0.679 bits per heavy atom. The van der Waals surface area contributed by atoms with Crippen LogP contribution in [-0.2, 0) is 9.59 Å². The maximum Gasteiger partial charge on any atom is 0.390 e. The van der Waals surface area contributed by atoms with Crippen LogP contribution in [0, 0.1) is 51.4 Å². The zero-order valence-corrected chi connectivity index (χ0v) is 16.3. The highest BCUT2D eigenvalue weighted by molar-refractivity contribution is 5.91. The first-order chi connectivity index (χ1) is 13.3. The van der Waals surface area contributed by atoms with E-state index in [-0.39, 0.29) is 0 Å². The summed E-state index contributed by atoms with van der Waals surface area (Å²) < 4.78 is 10.2. The maximum atomic E-state index is 11.7. The molecule has 0 aliphatic heterocycles. The van der Waals surface area contributed by atoms with Crippen molar-refractivity contribution in [1.29, 1.82) is 0 Å². The van der Waals surface area contributed by atoms with E-state index in [1.807, 2.05) is 39.8 Å². The molecule has 4 heteroatoms. The number of carbonyl (C=O) groups is 2. The molecule has 2 rings (SSSR count). The molecule has 0 unspecified atom stereocenters. The summed E-state index contributed by atoms with van der Waals surface area (Å²) in [4.78, 5) is 23.3. The van der Waals surface area contributed by atoms with Gasteiger partial charge in [0.15, 0.2) is 0 Å². The van der Waals surface area contributed by atoms with Crippen LogP contribution in [0.15, 0.2) is 48.6 Å². The zero-order chi connectivity index (χ0) is 20.5. The van der Waals surface area contributed by atoms with Crippen molar-refractivity contribution in [1.82, 2.24) is 0 Å². The van der Waals surface area contributed by atoms with E-state index in [1.165, 1.54) is 12.2 Å². The molecule has 0 radical (unpaired) electrons. The Kier molecular flexibility index (Phi) is 7.20. The molecular formula is C24H20O4. The lowest BCUT2D eigenvalue weighted by atomic mass is 10.1. The highest BCUT2D eigenvalue weighted by Gasteiger charge is 2.02. The van der Waals surface area contributed by atoms with Crippen molar-refractivity contribution >= 4 is 11.9 Å². The minimum Gasteiger partial charge on any atom is -0.417 e. The minimum atomic E-state index is -0.671. The van der Waals surface area contributed by atoms with Gasteiger partial charge in [0.1, 0.15) is 11.5 Å². The molecule has 140 valence electrons. The van der Waals surface area contributed by atoms with Gasteiger partial charge in [-0.3, -0.25) is 0 Å². The molecule has 0 atom stereocenters. The van der Waals surface area contributed by atoms with Crippen LogP contribution in [0.2, 0.25) is 0 Å². The highest BCUT2D eigenvalue weighted by atomic mass is 16.5. The number of allylic oxidation sites excluding steroid dienone is 2. The van der Waals surface area contributed by atoms with Gasteiger partial charge in [0, 0.05) is 11.8 Å². The van der Waals surface area contributed by atoms with E-state index in [4.69, 9.17) is 9.47 Å². The van der Waals surface area contributed by atoms with E-state index in [9.17, 15) is 9.59 Å². The monoisotopic (exact) mass is 372 g/mol. The molecule has 0 saturated heterocycles. The molecule has 0 N–H and O–H groups in total. The molecule has 0 aliphatic rings. The van der Waals surface area contributed by atoms with Crippen LogP contribution in [0.3, 0.4) is 0 Å². The Balaban J connectivity index is 1.85. The van der Waals surface area contributed by atoms with Gasteiger partial charge in [-0.1, -0.05) is 24.0 Å². The lowest BCUT2D eigenvalue weighted by Gasteiger charge is -2.03. The predicted octanol–water partition coefficient (Wildman–Crippen LogP) is 3.99. The molecule has 0 aliphatic carbocycles. The first kappa shape index (κ1) is 20.6. The maximum absolute atomic E-state index is 11.7. The topological polar surface area (TPSA) is 52.6 Å². The van der Waals surface area contributed by atoms with Crippen molar-refractivity contribution in [3.63, 3.8) is 0 Å². The third-order valence-electron chi connectivity index (χ3n) is 3.98. The van der Waals surface area contributed by atoms with Gasteiger partial charge in [0.05, 0.1) is 0 Å². The van der Waals surface area contributed by atoms with Crippen molar-refractivity contribution in [2.75, 3.05) is 0 Å². The fourth-order valence-corrected chi connectivity index (χ4v) is 2.10. The molecule has 0 heterocycles. The zero-order valence-electron chi connectivity index (χ0n) is 16.3. The summed E-state index contributed by atoms with van der Waals surface area (Å²) in [6.07, 6.45) is 2.72. The molecule has 0 saturated carbocycles. The first-order valence-corrected chi connectivity index (χ1v) is 8.61. The Labute approximate surface area is 165 Å². The third-order valence-corrected chi connectivity index (χ3v) is 3.98. The fourth-order valence-electron chi connectivity index (χ4n) is 2.10. The van der Waals surface area contributed by atoms with E-state index in [2.05, 4.69) is 23.7 Å². The minimum absolute atomic E-state index is 0.445. The van der Waals surface area contributed by atoms with Gasteiger partial charge < -0.3 is 9.47 Å². The Hall–Kier alpha value is -3.76. The molecule has 0 bridgehead atoms. The van der Waals surface area contributed by atoms with Crippen molar-refractivity contribution in [2.24, 2.45) is 0 Å². The van der Waals surface area contributed by atoms with Crippen molar-refractivity contribution < 1.29 is 19.1 Å². The van der Waals surface area contributed by atoms with Crippen LogP contribution in [-0.4, -0.2) is 11.9 Å². The molecule has 0 spiro atoms. The van der Waals surface area contributed by atoms with Crippen molar-refractivity contribution in [3.05, 3.63) is 70.8 Å². The smallest absolute Gasteiger partial charge is 0.390 e. The van der Waals surface area contributed by atoms with Crippen LogP contribution in [0.4, 0.5) is 0 Å². The van der Waals surface area contributed by atoms with Crippen molar-refractivity contribution in [2.45, 2.75) is 27.7 Å². The molecular weight excluding hydrogens is 352 g/mol. The Bertz CT molecular complexity index is 968. The summed E-state index contributed by atoms with van der Waals surface area (Å²) in [5, 5.41) is 0. The number of ether oxygens (including phenoxy) is 2. The standard InChI is InChI=1S/C24H20O4/c1-17-11-13-21(15-19(17)3)27-23(25)9-7-5-6-8-10-24(26)28-22-14-12-18(2)20(4)16-22/h5-6,11-16H,1-4H3. The lowest BCUT2D eigenvalue weighted by Crippen LogP contribution is -2.04. The summed E-state index contributed by atoms with van der Waals surface area (Å²) in [5.74, 6) is 9.21. The fraction of sp³-hybridized carbons (Fsp3) is 0.167. The molecule has 2 aromatic carbocycles. The van der Waals surface area contributed by atoms with E-state index in [0.29, 0.717) is 11.5 Å². The second-order valence-electron chi connectivity index (χ2n) is 6.14. The summed E-state index contributed by atoms with van der Waals surface area (Å²) >= 11 is 0. The van der Waals surface area contributed by atoms with Crippen LogP contribution in [0.5, 0.6) is 11.5 Å². The SMILES string of the molecule is Cc1ccc(OC(=O)C#CC=CC#CC(=O)Oc2ccc(C)c(C)c2)cc1C. The normalized spacial score (nSPS) is 9.71. The lowest BCUT2D eigenvalue weighted by molar-refractivity contribution is -0.128. The molecule has 2 aromatic rings. The number of rotatable bonds is 2. The summed E-state index contributed by atoms with van der Waals surface area (Å²) in [5.41, 5.74) is 4.29. The van der Waals surface area contributed by atoms with Crippen LogP contribution in [0.1, 0.15) is 22.3 Å². The predicted molar refractivity (Wildman–Crippen MR) is 108 cm³/mol. The van der Waals surface area contributed by atoms with E-state index < -0.39 is 11.9 Å². The molecule has 4 nitrogen and oxygen atoms in total. The Morgan fingerprint density at radius 3 is 1.43 bits per heavy atom. The summed E-state index contributed by atoms with van der Waals surface area (Å²) in [6, 6.07) is 10.7. The van der Waals surface area contributed by atoms with E-state index in [1.54, 1.807) is 24.3 Å². The Morgan fingerprint density at radius 2 is 1.07 bits per heavy atom. The highest BCUT2D eigenvalue weighted by Crippen LogP contribution is 2.17. The van der Waals surface area contributed by atoms with Gasteiger partial charge in [-0.05, 0) is 86.4 Å².